The molecule has 0 aliphatic heterocycles. The predicted octanol–water partition coefficient (Wildman–Crippen LogP) is 3.45. The second kappa shape index (κ2) is 7.78. The number of ether oxygens (including phenoxy) is 2. The molecule has 1 amide bonds. The van der Waals surface area contributed by atoms with Gasteiger partial charge in [0.25, 0.3) is 5.91 Å². The highest BCUT2D eigenvalue weighted by Crippen LogP contribution is 2.18. The third kappa shape index (κ3) is 4.95. The van der Waals surface area contributed by atoms with Crippen molar-refractivity contribution in [3.8, 4) is 5.75 Å². The summed E-state index contributed by atoms with van der Waals surface area (Å²) in [5.41, 5.74) is 0.459. The molecular weight excluding hydrogens is 346 g/mol. The van der Waals surface area contributed by atoms with E-state index in [-0.39, 0.29) is 11.4 Å². The summed E-state index contributed by atoms with van der Waals surface area (Å²) in [5, 5.41) is 2.83. The Hall–Kier alpha value is -2.61. The Bertz CT molecular complexity index is 719. The van der Waals surface area contributed by atoms with Crippen molar-refractivity contribution in [1.82, 2.24) is 4.98 Å². The van der Waals surface area contributed by atoms with E-state index in [9.17, 15) is 18.4 Å². The molecule has 6 nitrogen and oxygen atoms in total. The fraction of sp³-hybridized carbons (Fsp3) is 0.200. The predicted molar refractivity (Wildman–Crippen MR) is 82.4 cm³/mol. The van der Waals surface area contributed by atoms with Crippen LogP contribution in [-0.2, 0) is 9.53 Å². The van der Waals surface area contributed by atoms with Gasteiger partial charge >= 0.3 is 12.6 Å². The lowest BCUT2D eigenvalue weighted by atomic mass is 10.3. The van der Waals surface area contributed by atoms with Crippen LogP contribution in [0.4, 0.5) is 14.5 Å². The van der Waals surface area contributed by atoms with Crippen molar-refractivity contribution < 1.29 is 27.8 Å². The fourth-order valence-corrected chi connectivity index (χ4v) is 1.89. The normalized spacial score (nSPS) is 11.9. The van der Waals surface area contributed by atoms with Crippen LogP contribution in [0.2, 0.25) is 5.02 Å². The Balaban J connectivity index is 1.90. The molecule has 2 rings (SSSR count). The molecule has 9 heteroatoms. The van der Waals surface area contributed by atoms with Crippen molar-refractivity contribution in [3.05, 3.63) is 47.2 Å². The number of carbonyl (C=O) groups is 2. The molecule has 0 bridgehead atoms. The number of benzene rings is 1. The third-order valence-corrected chi connectivity index (χ3v) is 3.09. The van der Waals surface area contributed by atoms with Gasteiger partial charge in [0.05, 0.1) is 5.02 Å². The number of esters is 1. The van der Waals surface area contributed by atoms with E-state index >= 15 is 0 Å². The average Bonchev–Trinajstić information content (AvgIpc) is 2.95. The Morgan fingerprint density at radius 1 is 1.25 bits per heavy atom. The molecule has 0 unspecified atom stereocenters. The van der Waals surface area contributed by atoms with Crippen LogP contribution in [0, 0.1) is 0 Å². The standard InChI is InChI=1S/C15H13ClF2N2O4/c1-8(23-14(22)12-6-9(16)7-19-12)13(21)20-10-2-4-11(5-3-10)24-15(17)18/h2-8,15,19H,1H3,(H,20,21)/t8-/m1/s1. The van der Waals surface area contributed by atoms with E-state index in [1.807, 2.05) is 0 Å². The van der Waals surface area contributed by atoms with Crippen LogP contribution in [0.1, 0.15) is 17.4 Å². The monoisotopic (exact) mass is 358 g/mol. The number of hydrogen-bond donors (Lipinski definition) is 2. The first-order chi connectivity index (χ1) is 11.3. The largest absolute Gasteiger partial charge is 0.448 e. The molecule has 1 heterocycles. The highest BCUT2D eigenvalue weighted by Gasteiger charge is 2.20. The van der Waals surface area contributed by atoms with E-state index in [0.29, 0.717) is 10.7 Å². The fourth-order valence-electron chi connectivity index (χ4n) is 1.73. The van der Waals surface area contributed by atoms with Gasteiger partial charge in [-0.3, -0.25) is 4.79 Å². The summed E-state index contributed by atoms with van der Waals surface area (Å²) in [6.07, 6.45) is 0.336. The first-order valence-corrected chi connectivity index (χ1v) is 7.13. The summed E-state index contributed by atoms with van der Waals surface area (Å²) in [7, 11) is 0. The molecule has 0 aliphatic rings. The van der Waals surface area contributed by atoms with E-state index in [1.54, 1.807) is 0 Å². The van der Waals surface area contributed by atoms with Gasteiger partial charge in [0.1, 0.15) is 11.4 Å². The topological polar surface area (TPSA) is 80.4 Å². The maximum Gasteiger partial charge on any atom is 0.387 e. The van der Waals surface area contributed by atoms with Crippen molar-refractivity contribution in [2.75, 3.05) is 5.32 Å². The second-order valence-electron chi connectivity index (χ2n) is 4.67. The number of aromatic nitrogens is 1. The summed E-state index contributed by atoms with van der Waals surface area (Å²) < 4.78 is 33.3. The van der Waals surface area contributed by atoms with Gasteiger partial charge < -0.3 is 19.8 Å². The van der Waals surface area contributed by atoms with E-state index in [0.717, 1.165) is 0 Å². The Labute approximate surface area is 140 Å². The van der Waals surface area contributed by atoms with Crippen molar-refractivity contribution >= 4 is 29.2 Å². The van der Waals surface area contributed by atoms with Crippen LogP contribution in [0.25, 0.3) is 0 Å². The number of hydrogen-bond acceptors (Lipinski definition) is 4. The van der Waals surface area contributed by atoms with Crippen LogP contribution in [0.3, 0.4) is 0 Å². The first kappa shape index (κ1) is 17.7. The summed E-state index contributed by atoms with van der Waals surface area (Å²) in [5.74, 6) is -1.35. The minimum absolute atomic E-state index is 0.0360. The van der Waals surface area contributed by atoms with Gasteiger partial charge in [-0.15, -0.1) is 0 Å². The van der Waals surface area contributed by atoms with Gasteiger partial charge in [-0.2, -0.15) is 8.78 Å². The zero-order chi connectivity index (χ0) is 17.7. The third-order valence-electron chi connectivity index (χ3n) is 2.87. The van der Waals surface area contributed by atoms with Gasteiger partial charge in [0, 0.05) is 11.9 Å². The number of alkyl halides is 2. The number of nitrogens with one attached hydrogen (secondary N) is 2. The molecule has 0 radical (unpaired) electrons. The van der Waals surface area contributed by atoms with E-state index < -0.39 is 24.6 Å². The molecule has 1 aromatic heterocycles. The number of anilines is 1. The highest BCUT2D eigenvalue weighted by atomic mass is 35.5. The molecule has 1 aromatic carbocycles. The lowest BCUT2D eigenvalue weighted by Crippen LogP contribution is -2.30. The molecule has 2 N–H and O–H groups in total. The lowest BCUT2D eigenvalue weighted by Gasteiger charge is -2.13. The van der Waals surface area contributed by atoms with E-state index in [4.69, 9.17) is 16.3 Å². The lowest BCUT2D eigenvalue weighted by molar-refractivity contribution is -0.123. The van der Waals surface area contributed by atoms with Gasteiger partial charge in [-0.05, 0) is 37.3 Å². The van der Waals surface area contributed by atoms with Crippen LogP contribution in [0.15, 0.2) is 36.5 Å². The van der Waals surface area contributed by atoms with E-state index in [2.05, 4.69) is 15.0 Å². The summed E-state index contributed by atoms with van der Waals surface area (Å²) in [4.78, 5) is 26.4. The smallest absolute Gasteiger partial charge is 0.387 e. The van der Waals surface area contributed by atoms with Crippen molar-refractivity contribution in [2.45, 2.75) is 19.6 Å². The van der Waals surface area contributed by atoms with Gasteiger partial charge in [0.15, 0.2) is 6.10 Å². The van der Waals surface area contributed by atoms with Crippen molar-refractivity contribution in [2.24, 2.45) is 0 Å². The molecule has 128 valence electrons. The Morgan fingerprint density at radius 3 is 2.46 bits per heavy atom. The minimum Gasteiger partial charge on any atom is -0.448 e. The number of halogens is 3. The molecule has 0 aliphatic carbocycles. The molecule has 0 saturated heterocycles. The minimum atomic E-state index is -2.92. The van der Waals surface area contributed by atoms with Gasteiger partial charge in [-0.25, -0.2) is 4.79 Å². The quantitative estimate of drug-likeness (QED) is 0.775. The number of H-pyrrole nitrogens is 1. The SMILES string of the molecule is C[C@@H](OC(=O)c1cc(Cl)c[nH]1)C(=O)Nc1ccc(OC(F)F)cc1. The molecule has 24 heavy (non-hydrogen) atoms. The number of amides is 1. The molecule has 0 saturated carbocycles. The molecule has 2 aromatic rings. The summed E-state index contributed by atoms with van der Waals surface area (Å²) in [6.45, 7) is -1.53. The Kier molecular flexibility index (Phi) is 5.75. The first-order valence-electron chi connectivity index (χ1n) is 6.76. The maximum absolute atomic E-state index is 12.0. The number of rotatable bonds is 6. The number of aromatic amines is 1. The zero-order valence-electron chi connectivity index (χ0n) is 12.4. The Morgan fingerprint density at radius 2 is 1.92 bits per heavy atom. The van der Waals surface area contributed by atoms with Gasteiger partial charge in [-0.1, -0.05) is 11.6 Å². The van der Waals surface area contributed by atoms with Crippen LogP contribution in [-0.4, -0.2) is 29.6 Å². The second-order valence-corrected chi connectivity index (χ2v) is 5.11. The molecule has 1 atom stereocenters. The van der Waals surface area contributed by atoms with Crippen LogP contribution >= 0.6 is 11.6 Å². The molecule has 0 fully saturated rings. The summed E-state index contributed by atoms with van der Waals surface area (Å²) in [6, 6.07) is 6.69. The number of carbonyl (C=O) groups excluding carboxylic acids is 2. The highest BCUT2D eigenvalue weighted by molar-refractivity contribution is 6.30. The van der Waals surface area contributed by atoms with Gasteiger partial charge in [0.2, 0.25) is 0 Å². The van der Waals surface area contributed by atoms with Crippen LogP contribution < -0.4 is 10.1 Å². The average molecular weight is 359 g/mol. The summed E-state index contributed by atoms with van der Waals surface area (Å²) >= 11 is 5.68. The van der Waals surface area contributed by atoms with Crippen molar-refractivity contribution in [3.63, 3.8) is 0 Å². The van der Waals surface area contributed by atoms with Crippen LogP contribution in [0.5, 0.6) is 5.75 Å². The maximum atomic E-state index is 12.0. The zero-order valence-corrected chi connectivity index (χ0v) is 13.1. The molecule has 0 spiro atoms. The van der Waals surface area contributed by atoms with Crippen molar-refractivity contribution in [1.29, 1.82) is 0 Å². The van der Waals surface area contributed by atoms with E-state index in [1.165, 1.54) is 43.5 Å². The molecular formula is C15H13ClF2N2O4.